The van der Waals surface area contributed by atoms with Crippen LogP contribution in [0.4, 0.5) is 13.2 Å². The van der Waals surface area contributed by atoms with Crippen molar-refractivity contribution in [2.45, 2.75) is 19.1 Å². The molecule has 1 heterocycles. The van der Waals surface area contributed by atoms with Crippen molar-refractivity contribution >= 4 is 12.2 Å². The van der Waals surface area contributed by atoms with Crippen LogP contribution in [0.3, 0.4) is 0 Å². The normalized spacial score (nSPS) is 11.7. The first-order chi connectivity index (χ1) is 12.4. The molecule has 1 N–H and O–H groups in total. The molecule has 1 aromatic carbocycles. The molecule has 140 valence electrons. The number of carbonyl (C=O) groups is 1. The number of benzene rings is 1. The van der Waals surface area contributed by atoms with Crippen molar-refractivity contribution in [3.05, 3.63) is 53.9 Å². The van der Waals surface area contributed by atoms with E-state index in [4.69, 9.17) is 14.7 Å². The molecule has 26 heavy (non-hydrogen) atoms. The number of ether oxygens (including phenoxy) is 1. The first-order valence-electron chi connectivity index (χ1n) is 7.68. The number of rotatable bonds is 9. The Morgan fingerprint density at radius 1 is 1.23 bits per heavy atom. The molecular formula is C17H17F3N2O4. The second-order valence-corrected chi connectivity index (χ2v) is 5.21. The molecule has 0 saturated carbocycles. The lowest BCUT2D eigenvalue weighted by Crippen LogP contribution is -2.08. The fourth-order valence-electron chi connectivity index (χ4n) is 2.07. The van der Waals surface area contributed by atoms with Crippen molar-refractivity contribution in [2.24, 2.45) is 5.16 Å². The van der Waals surface area contributed by atoms with Crippen molar-refractivity contribution in [1.29, 1.82) is 0 Å². The standard InChI is InChI=1S/C17H17F3N2O4/c18-17(19,20)13-3-1-5-15(11-13)25-9-10-26-21-12-14-4-2-7-22(14)8-6-16(23)24/h1-5,7,11-12H,6,8-10H2,(H,23,24). The number of aryl methyl sites for hydroxylation is 1. The van der Waals surface area contributed by atoms with Crippen molar-refractivity contribution in [2.75, 3.05) is 13.2 Å². The van der Waals surface area contributed by atoms with E-state index in [1.165, 1.54) is 18.3 Å². The van der Waals surface area contributed by atoms with Gasteiger partial charge in [0.2, 0.25) is 0 Å². The van der Waals surface area contributed by atoms with Gasteiger partial charge in [0.15, 0.2) is 6.61 Å². The van der Waals surface area contributed by atoms with E-state index >= 15 is 0 Å². The Balaban J connectivity index is 1.75. The van der Waals surface area contributed by atoms with E-state index in [9.17, 15) is 18.0 Å². The number of halogens is 3. The van der Waals surface area contributed by atoms with Crippen LogP contribution in [0, 0.1) is 0 Å². The zero-order valence-corrected chi connectivity index (χ0v) is 13.6. The molecule has 0 unspecified atom stereocenters. The van der Waals surface area contributed by atoms with Gasteiger partial charge in [-0.15, -0.1) is 0 Å². The zero-order valence-electron chi connectivity index (χ0n) is 13.6. The van der Waals surface area contributed by atoms with Crippen molar-refractivity contribution in [1.82, 2.24) is 4.57 Å². The van der Waals surface area contributed by atoms with Crippen LogP contribution < -0.4 is 4.74 Å². The van der Waals surface area contributed by atoms with Gasteiger partial charge in [-0.2, -0.15) is 13.2 Å². The Bertz CT molecular complexity index is 756. The Morgan fingerprint density at radius 2 is 2.04 bits per heavy atom. The first-order valence-corrected chi connectivity index (χ1v) is 7.68. The molecule has 9 heteroatoms. The lowest BCUT2D eigenvalue weighted by atomic mass is 10.2. The highest BCUT2D eigenvalue weighted by molar-refractivity contribution is 5.77. The predicted molar refractivity (Wildman–Crippen MR) is 87.2 cm³/mol. The third-order valence-corrected chi connectivity index (χ3v) is 3.30. The van der Waals surface area contributed by atoms with Crippen LogP contribution in [0.5, 0.6) is 5.75 Å². The van der Waals surface area contributed by atoms with Crippen LogP contribution in [0.15, 0.2) is 47.8 Å². The molecule has 1 aromatic heterocycles. The number of aliphatic carboxylic acids is 1. The van der Waals surface area contributed by atoms with E-state index in [2.05, 4.69) is 5.16 Å². The molecule has 0 fully saturated rings. The molecule has 2 rings (SSSR count). The molecule has 0 bridgehead atoms. The Kier molecular flexibility index (Phi) is 6.65. The Hall–Kier alpha value is -2.97. The summed E-state index contributed by atoms with van der Waals surface area (Å²) in [5.41, 5.74) is -0.110. The van der Waals surface area contributed by atoms with E-state index in [-0.39, 0.29) is 25.4 Å². The van der Waals surface area contributed by atoms with Gasteiger partial charge in [-0.25, -0.2) is 0 Å². The number of carboxylic acid groups (broad SMARTS) is 1. The fourth-order valence-corrected chi connectivity index (χ4v) is 2.07. The van der Waals surface area contributed by atoms with E-state index in [0.717, 1.165) is 12.1 Å². The van der Waals surface area contributed by atoms with Crippen molar-refractivity contribution in [3.63, 3.8) is 0 Å². The third kappa shape index (κ3) is 6.15. The lowest BCUT2D eigenvalue weighted by Gasteiger charge is -2.09. The molecule has 0 atom stereocenters. The molecule has 0 amide bonds. The summed E-state index contributed by atoms with van der Waals surface area (Å²) >= 11 is 0. The fraction of sp³-hybridized carbons (Fsp3) is 0.294. The van der Waals surface area contributed by atoms with Gasteiger partial charge in [-0.1, -0.05) is 11.2 Å². The number of aromatic nitrogens is 1. The van der Waals surface area contributed by atoms with E-state index in [0.29, 0.717) is 12.2 Å². The molecule has 0 aliphatic heterocycles. The average Bonchev–Trinajstić information content (AvgIpc) is 3.03. The Labute approximate surface area is 147 Å². The van der Waals surface area contributed by atoms with Crippen LogP contribution in [0.2, 0.25) is 0 Å². The molecule has 0 aliphatic carbocycles. The molecule has 2 aromatic rings. The number of hydrogen-bond acceptors (Lipinski definition) is 4. The summed E-state index contributed by atoms with van der Waals surface area (Å²) in [7, 11) is 0. The molecule has 6 nitrogen and oxygen atoms in total. The number of hydrogen-bond donors (Lipinski definition) is 1. The van der Waals surface area contributed by atoms with Gasteiger partial charge in [0.25, 0.3) is 0 Å². The third-order valence-electron chi connectivity index (χ3n) is 3.30. The SMILES string of the molecule is O=C(O)CCn1cccc1C=NOCCOc1cccc(C(F)(F)F)c1. The highest BCUT2D eigenvalue weighted by Gasteiger charge is 2.30. The van der Waals surface area contributed by atoms with Crippen molar-refractivity contribution < 1.29 is 32.6 Å². The highest BCUT2D eigenvalue weighted by Crippen LogP contribution is 2.31. The molecular weight excluding hydrogens is 353 g/mol. The van der Waals surface area contributed by atoms with Crippen molar-refractivity contribution in [3.8, 4) is 5.75 Å². The second kappa shape index (κ2) is 8.93. The second-order valence-electron chi connectivity index (χ2n) is 5.21. The van der Waals surface area contributed by atoms with Gasteiger partial charge in [0, 0.05) is 12.7 Å². The Morgan fingerprint density at radius 3 is 2.77 bits per heavy atom. The van der Waals surface area contributed by atoms with Crippen LogP contribution >= 0.6 is 0 Å². The molecule has 0 aliphatic rings. The molecule has 0 spiro atoms. The quantitative estimate of drug-likeness (QED) is 0.417. The summed E-state index contributed by atoms with van der Waals surface area (Å²) in [6, 6.07) is 8.07. The summed E-state index contributed by atoms with van der Waals surface area (Å²) in [5, 5.41) is 12.4. The first kappa shape index (κ1) is 19.4. The smallest absolute Gasteiger partial charge is 0.416 e. The maximum atomic E-state index is 12.6. The largest absolute Gasteiger partial charge is 0.490 e. The monoisotopic (exact) mass is 370 g/mol. The highest BCUT2D eigenvalue weighted by atomic mass is 19.4. The van der Waals surface area contributed by atoms with Gasteiger partial charge in [-0.3, -0.25) is 4.79 Å². The summed E-state index contributed by atoms with van der Waals surface area (Å²) in [4.78, 5) is 15.6. The zero-order chi connectivity index (χ0) is 19.0. The van der Waals surface area contributed by atoms with E-state index in [1.54, 1.807) is 22.9 Å². The topological polar surface area (TPSA) is 73.0 Å². The maximum absolute atomic E-state index is 12.6. The van der Waals surface area contributed by atoms with Crippen LogP contribution in [-0.2, 0) is 22.4 Å². The van der Waals surface area contributed by atoms with Crippen LogP contribution in [0.1, 0.15) is 17.7 Å². The number of carboxylic acids is 1. The lowest BCUT2D eigenvalue weighted by molar-refractivity contribution is -0.138. The number of nitrogens with zero attached hydrogens (tertiary/aromatic N) is 2. The maximum Gasteiger partial charge on any atom is 0.416 e. The van der Waals surface area contributed by atoms with Gasteiger partial charge < -0.3 is 19.2 Å². The summed E-state index contributed by atoms with van der Waals surface area (Å²) in [6.45, 7) is 0.379. The average molecular weight is 370 g/mol. The molecule has 0 radical (unpaired) electrons. The number of alkyl halides is 3. The summed E-state index contributed by atoms with van der Waals surface area (Å²) in [6.07, 6.45) is -1.29. The van der Waals surface area contributed by atoms with Gasteiger partial charge in [0.05, 0.1) is 23.9 Å². The van der Waals surface area contributed by atoms with E-state index in [1.807, 2.05) is 0 Å². The van der Waals surface area contributed by atoms with E-state index < -0.39 is 17.7 Å². The minimum Gasteiger partial charge on any atom is -0.490 e. The minimum atomic E-state index is -4.42. The van der Waals surface area contributed by atoms with Crippen LogP contribution in [-0.4, -0.2) is 35.1 Å². The van der Waals surface area contributed by atoms with Gasteiger partial charge in [0.1, 0.15) is 12.4 Å². The molecule has 0 saturated heterocycles. The van der Waals surface area contributed by atoms with Crippen LogP contribution in [0.25, 0.3) is 0 Å². The van der Waals surface area contributed by atoms with Gasteiger partial charge in [-0.05, 0) is 30.3 Å². The minimum absolute atomic E-state index is 0.0127. The predicted octanol–water partition coefficient (Wildman–Crippen LogP) is 3.41. The van der Waals surface area contributed by atoms with Gasteiger partial charge >= 0.3 is 12.1 Å². The summed E-state index contributed by atoms with van der Waals surface area (Å²) in [5.74, 6) is -0.806. The number of oxime groups is 1. The summed E-state index contributed by atoms with van der Waals surface area (Å²) < 4.78 is 44.7.